The standard InChI is InChI=1S/C14H17BrN2O4/c1-20-14(19)12-8-21-5-4-16(12)13(18)11-6-9(15)7-17(11)10-2-3-10/h6-7,10,12H,2-5,8H2,1H3. The summed E-state index contributed by atoms with van der Waals surface area (Å²) in [5.41, 5.74) is 0.611. The molecule has 0 N–H and O–H groups in total. The fourth-order valence-electron chi connectivity index (χ4n) is 2.60. The van der Waals surface area contributed by atoms with Crippen LogP contribution in [0.4, 0.5) is 0 Å². The summed E-state index contributed by atoms with van der Waals surface area (Å²) in [6.45, 7) is 1.01. The lowest BCUT2D eigenvalue weighted by molar-refractivity contribution is -0.151. The Morgan fingerprint density at radius 3 is 2.86 bits per heavy atom. The number of hydrogen-bond donors (Lipinski definition) is 0. The van der Waals surface area contributed by atoms with Gasteiger partial charge in [0.15, 0.2) is 6.04 Å². The highest BCUT2D eigenvalue weighted by molar-refractivity contribution is 9.10. The molecule has 21 heavy (non-hydrogen) atoms. The number of ether oxygens (including phenoxy) is 2. The Morgan fingerprint density at radius 2 is 2.19 bits per heavy atom. The second-order valence-electron chi connectivity index (χ2n) is 5.29. The van der Waals surface area contributed by atoms with Crippen molar-refractivity contribution in [3.63, 3.8) is 0 Å². The normalized spacial score (nSPS) is 22.2. The summed E-state index contributed by atoms with van der Waals surface area (Å²) in [7, 11) is 1.32. The number of aromatic nitrogens is 1. The number of carbonyl (C=O) groups is 2. The summed E-state index contributed by atoms with van der Waals surface area (Å²) < 4.78 is 12.9. The fraction of sp³-hybridized carbons (Fsp3) is 0.571. The molecule has 114 valence electrons. The molecule has 1 saturated heterocycles. The van der Waals surface area contributed by atoms with Crippen LogP contribution < -0.4 is 0 Å². The summed E-state index contributed by atoms with van der Waals surface area (Å²) in [6, 6.07) is 1.54. The van der Waals surface area contributed by atoms with Crippen molar-refractivity contribution in [3.8, 4) is 0 Å². The molecule has 2 fully saturated rings. The molecule has 3 rings (SSSR count). The molecule has 6 nitrogen and oxygen atoms in total. The van der Waals surface area contributed by atoms with Crippen molar-refractivity contribution in [2.75, 3.05) is 26.9 Å². The van der Waals surface area contributed by atoms with Gasteiger partial charge < -0.3 is 18.9 Å². The Morgan fingerprint density at radius 1 is 1.43 bits per heavy atom. The Kier molecular flexibility index (Phi) is 4.03. The number of morpholine rings is 1. The van der Waals surface area contributed by atoms with E-state index in [-0.39, 0.29) is 12.5 Å². The van der Waals surface area contributed by atoms with Gasteiger partial charge in [0.1, 0.15) is 5.69 Å². The molecule has 1 aliphatic carbocycles. The van der Waals surface area contributed by atoms with E-state index >= 15 is 0 Å². The lowest BCUT2D eigenvalue weighted by atomic mass is 10.2. The van der Waals surface area contributed by atoms with Crippen LogP contribution in [0.25, 0.3) is 0 Å². The Bertz CT molecular complexity index is 567. The van der Waals surface area contributed by atoms with Crippen molar-refractivity contribution < 1.29 is 19.1 Å². The second kappa shape index (κ2) is 5.81. The molecule has 1 aromatic rings. The van der Waals surface area contributed by atoms with Crippen LogP contribution in [0.1, 0.15) is 29.4 Å². The number of methoxy groups -OCH3 is 1. The maximum atomic E-state index is 12.8. The van der Waals surface area contributed by atoms with Gasteiger partial charge >= 0.3 is 5.97 Å². The van der Waals surface area contributed by atoms with E-state index in [0.29, 0.717) is 24.9 Å². The molecule has 1 atom stereocenters. The van der Waals surface area contributed by atoms with Crippen LogP contribution in [0.2, 0.25) is 0 Å². The minimum atomic E-state index is -0.669. The number of rotatable bonds is 3. The molecule has 0 bridgehead atoms. The maximum absolute atomic E-state index is 12.8. The summed E-state index contributed by atoms with van der Waals surface area (Å²) in [5.74, 6) is -0.585. The highest BCUT2D eigenvalue weighted by atomic mass is 79.9. The van der Waals surface area contributed by atoms with Gasteiger partial charge in [-0.25, -0.2) is 4.79 Å². The zero-order valence-electron chi connectivity index (χ0n) is 11.8. The predicted molar refractivity (Wildman–Crippen MR) is 78.1 cm³/mol. The largest absolute Gasteiger partial charge is 0.467 e. The number of carbonyl (C=O) groups excluding carboxylic acids is 2. The lowest BCUT2D eigenvalue weighted by Crippen LogP contribution is -2.53. The molecule has 0 spiro atoms. The topological polar surface area (TPSA) is 60.8 Å². The smallest absolute Gasteiger partial charge is 0.331 e. The van der Waals surface area contributed by atoms with E-state index < -0.39 is 12.0 Å². The van der Waals surface area contributed by atoms with Crippen LogP contribution in [-0.2, 0) is 14.3 Å². The average Bonchev–Trinajstić information content (AvgIpc) is 3.28. The second-order valence-corrected chi connectivity index (χ2v) is 6.21. The number of nitrogens with zero attached hydrogens (tertiary/aromatic N) is 2. The van der Waals surface area contributed by atoms with E-state index in [9.17, 15) is 9.59 Å². The summed E-state index contributed by atoms with van der Waals surface area (Å²) in [5, 5.41) is 0. The molecule has 0 radical (unpaired) electrons. The minimum Gasteiger partial charge on any atom is -0.467 e. The highest BCUT2D eigenvalue weighted by Gasteiger charge is 2.37. The number of esters is 1. The first-order valence-corrected chi connectivity index (χ1v) is 7.75. The molecule has 1 amide bonds. The van der Waals surface area contributed by atoms with Crippen molar-refractivity contribution in [1.29, 1.82) is 0 Å². The van der Waals surface area contributed by atoms with Gasteiger partial charge in [-0.3, -0.25) is 4.79 Å². The van der Waals surface area contributed by atoms with E-state index in [1.54, 1.807) is 4.90 Å². The van der Waals surface area contributed by atoms with Crippen molar-refractivity contribution in [2.45, 2.75) is 24.9 Å². The van der Waals surface area contributed by atoms with Gasteiger partial charge in [-0.1, -0.05) is 0 Å². The van der Waals surface area contributed by atoms with Crippen molar-refractivity contribution >= 4 is 27.8 Å². The Labute approximate surface area is 131 Å². The molecule has 1 aromatic heterocycles. The molecule has 2 aliphatic rings. The number of halogens is 1. The van der Waals surface area contributed by atoms with Crippen LogP contribution >= 0.6 is 15.9 Å². The van der Waals surface area contributed by atoms with Gasteiger partial charge in [-0.05, 0) is 34.8 Å². The van der Waals surface area contributed by atoms with E-state index in [1.165, 1.54) is 7.11 Å². The SMILES string of the molecule is COC(=O)C1COCCN1C(=O)c1cc(Br)cn1C1CC1. The van der Waals surface area contributed by atoms with Gasteiger partial charge in [-0.2, -0.15) is 0 Å². The molecular formula is C14H17BrN2O4. The average molecular weight is 357 g/mol. The molecule has 7 heteroatoms. The van der Waals surface area contributed by atoms with Gasteiger partial charge in [0.25, 0.3) is 5.91 Å². The first-order valence-electron chi connectivity index (χ1n) is 6.95. The first-order chi connectivity index (χ1) is 10.1. The maximum Gasteiger partial charge on any atom is 0.331 e. The third kappa shape index (κ3) is 2.85. The van der Waals surface area contributed by atoms with E-state index in [2.05, 4.69) is 15.9 Å². The quantitative estimate of drug-likeness (QED) is 0.771. The third-order valence-corrected chi connectivity index (χ3v) is 4.27. The first kappa shape index (κ1) is 14.6. The van der Waals surface area contributed by atoms with Gasteiger partial charge in [0, 0.05) is 23.3 Å². The summed E-state index contributed by atoms with van der Waals surface area (Å²) in [4.78, 5) is 26.2. The lowest BCUT2D eigenvalue weighted by Gasteiger charge is -2.33. The fourth-order valence-corrected chi connectivity index (χ4v) is 3.03. The van der Waals surface area contributed by atoms with E-state index in [1.807, 2.05) is 16.8 Å². The molecular weight excluding hydrogens is 340 g/mol. The minimum absolute atomic E-state index is 0.147. The summed E-state index contributed by atoms with van der Waals surface area (Å²) in [6.07, 6.45) is 4.11. The van der Waals surface area contributed by atoms with Gasteiger partial charge in [0.05, 0.1) is 20.3 Å². The molecule has 2 heterocycles. The zero-order valence-corrected chi connectivity index (χ0v) is 13.3. The van der Waals surface area contributed by atoms with Crippen LogP contribution in [-0.4, -0.2) is 54.3 Å². The Balaban J connectivity index is 1.87. The van der Waals surface area contributed by atoms with E-state index in [4.69, 9.17) is 9.47 Å². The van der Waals surface area contributed by atoms with Crippen molar-refractivity contribution in [3.05, 3.63) is 22.4 Å². The summed E-state index contributed by atoms with van der Waals surface area (Å²) >= 11 is 3.42. The monoisotopic (exact) mass is 356 g/mol. The third-order valence-electron chi connectivity index (χ3n) is 3.84. The number of hydrogen-bond acceptors (Lipinski definition) is 4. The van der Waals surface area contributed by atoms with Crippen LogP contribution in [0.3, 0.4) is 0 Å². The van der Waals surface area contributed by atoms with Gasteiger partial charge in [-0.15, -0.1) is 0 Å². The molecule has 1 unspecified atom stereocenters. The molecule has 0 aromatic carbocycles. The van der Waals surface area contributed by atoms with Crippen LogP contribution in [0.15, 0.2) is 16.7 Å². The van der Waals surface area contributed by atoms with Crippen LogP contribution in [0, 0.1) is 0 Å². The van der Waals surface area contributed by atoms with Crippen molar-refractivity contribution in [2.24, 2.45) is 0 Å². The number of amides is 1. The zero-order chi connectivity index (χ0) is 15.0. The van der Waals surface area contributed by atoms with Gasteiger partial charge in [0.2, 0.25) is 0 Å². The van der Waals surface area contributed by atoms with Crippen molar-refractivity contribution in [1.82, 2.24) is 9.47 Å². The molecule has 1 saturated carbocycles. The van der Waals surface area contributed by atoms with E-state index in [0.717, 1.165) is 17.3 Å². The van der Waals surface area contributed by atoms with Crippen LogP contribution in [0.5, 0.6) is 0 Å². The molecule has 1 aliphatic heterocycles. The highest BCUT2D eigenvalue weighted by Crippen LogP contribution is 2.38. The predicted octanol–water partition coefficient (Wildman–Crippen LogP) is 1.60. The Hall–Kier alpha value is -1.34.